The SMILES string of the molecule is O=C1CN(C2CN3CCC2CC3)C(=O)N1. The number of rotatable bonds is 1. The number of piperidine rings is 3. The van der Waals surface area contributed by atoms with Crippen LogP contribution in [0.4, 0.5) is 4.79 Å². The molecule has 2 bridgehead atoms. The fourth-order valence-electron chi connectivity index (χ4n) is 3.01. The van der Waals surface area contributed by atoms with Crippen LogP contribution in [0.5, 0.6) is 0 Å². The van der Waals surface area contributed by atoms with Gasteiger partial charge in [0, 0.05) is 12.6 Å². The molecule has 0 aromatic carbocycles. The third kappa shape index (κ3) is 1.42. The standard InChI is InChI=1S/C10H15N3O2/c14-9-6-13(10(15)11-9)8-5-12-3-1-7(8)2-4-12/h7-8H,1-6H2,(H,11,14,15). The van der Waals surface area contributed by atoms with Crippen LogP contribution in [0, 0.1) is 5.92 Å². The van der Waals surface area contributed by atoms with Crippen molar-refractivity contribution in [2.75, 3.05) is 26.2 Å². The molecule has 5 nitrogen and oxygen atoms in total. The second-order valence-electron chi connectivity index (χ2n) is 4.69. The summed E-state index contributed by atoms with van der Waals surface area (Å²) in [5, 5.41) is 2.35. The normalized spacial score (nSPS) is 39.7. The van der Waals surface area contributed by atoms with Gasteiger partial charge in [-0.3, -0.25) is 10.1 Å². The van der Waals surface area contributed by atoms with E-state index in [9.17, 15) is 9.59 Å². The van der Waals surface area contributed by atoms with Crippen LogP contribution in [-0.4, -0.2) is 54.0 Å². The monoisotopic (exact) mass is 209 g/mol. The van der Waals surface area contributed by atoms with Gasteiger partial charge in [0.25, 0.3) is 0 Å². The van der Waals surface area contributed by atoms with Crippen molar-refractivity contribution >= 4 is 11.9 Å². The number of hydrogen-bond donors (Lipinski definition) is 1. The van der Waals surface area contributed by atoms with E-state index in [1.807, 2.05) is 0 Å². The molecule has 4 aliphatic heterocycles. The number of imide groups is 1. The summed E-state index contributed by atoms with van der Waals surface area (Å²) in [6, 6.07) is 0.0673. The van der Waals surface area contributed by atoms with Gasteiger partial charge in [-0.05, 0) is 31.8 Å². The van der Waals surface area contributed by atoms with Crippen molar-refractivity contribution in [3.8, 4) is 0 Å². The van der Waals surface area contributed by atoms with Gasteiger partial charge in [-0.15, -0.1) is 0 Å². The lowest BCUT2D eigenvalue weighted by atomic mass is 9.83. The summed E-state index contributed by atoms with van der Waals surface area (Å²) < 4.78 is 0. The number of amides is 3. The minimum absolute atomic E-state index is 0.156. The molecule has 15 heavy (non-hydrogen) atoms. The maximum atomic E-state index is 11.5. The minimum Gasteiger partial charge on any atom is -0.311 e. The molecule has 5 heteroatoms. The van der Waals surface area contributed by atoms with Crippen LogP contribution in [0.3, 0.4) is 0 Å². The molecular formula is C10H15N3O2. The Bertz CT molecular complexity index is 310. The van der Waals surface area contributed by atoms with E-state index in [1.165, 1.54) is 12.8 Å². The van der Waals surface area contributed by atoms with Crippen molar-refractivity contribution in [2.24, 2.45) is 5.92 Å². The van der Waals surface area contributed by atoms with Crippen LogP contribution >= 0.6 is 0 Å². The number of hydrogen-bond acceptors (Lipinski definition) is 3. The van der Waals surface area contributed by atoms with Crippen molar-refractivity contribution in [3.63, 3.8) is 0 Å². The van der Waals surface area contributed by atoms with Crippen LogP contribution in [0.25, 0.3) is 0 Å². The Morgan fingerprint density at radius 2 is 1.93 bits per heavy atom. The van der Waals surface area contributed by atoms with Crippen LogP contribution in [0.2, 0.25) is 0 Å². The second-order valence-corrected chi connectivity index (χ2v) is 4.69. The van der Waals surface area contributed by atoms with E-state index in [0.29, 0.717) is 5.92 Å². The lowest BCUT2D eigenvalue weighted by Gasteiger charge is -2.47. The Morgan fingerprint density at radius 3 is 2.40 bits per heavy atom. The molecule has 4 aliphatic rings. The number of urea groups is 1. The molecule has 1 unspecified atom stereocenters. The van der Waals surface area contributed by atoms with E-state index in [4.69, 9.17) is 0 Å². The van der Waals surface area contributed by atoms with Gasteiger partial charge in [0.15, 0.2) is 0 Å². The zero-order valence-electron chi connectivity index (χ0n) is 8.61. The Balaban J connectivity index is 1.77. The van der Waals surface area contributed by atoms with Gasteiger partial charge in [0.1, 0.15) is 6.54 Å². The van der Waals surface area contributed by atoms with Gasteiger partial charge in [-0.1, -0.05) is 0 Å². The van der Waals surface area contributed by atoms with Crippen LogP contribution < -0.4 is 5.32 Å². The molecule has 0 aromatic heterocycles. The molecule has 0 saturated carbocycles. The second kappa shape index (κ2) is 3.20. The van der Waals surface area contributed by atoms with E-state index in [-0.39, 0.29) is 24.5 Å². The molecule has 0 aliphatic carbocycles. The molecule has 4 heterocycles. The maximum absolute atomic E-state index is 11.5. The molecule has 1 atom stereocenters. The first kappa shape index (κ1) is 9.15. The largest absolute Gasteiger partial charge is 0.324 e. The van der Waals surface area contributed by atoms with Gasteiger partial charge in [-0.25, -0.2) is 4.79 Å². The lowest BCUT2D eigenvalue weighted by molar-refractivity contribution is -0.118. The molecule has 4 saturated heterocycles. The van der Waals surface area contributed by atoms with Gasteiger partial charge in [0.05, 0.1) is 0 Å². The van der Waals surface area contributed by atoms with Crippen LogP contribution in [0.15, 0.2) is 0 Å². The number of nitrogens with zero attached hydrogens (tertiary/aromatic N) is 2. The number of nitrogens with one attached hydrogen (secondary N) is 1. The maximum Gasteiger partial charge on any atom is 0.324 e. The van der Waals surface area contributed by atoms with E-state index in [2.05, 4.69) is 10.2 Å². The first-order valence-electron chi connectivity index (χ1n) is 5.57. The van der Waals surface area contributed by atoms with E-state index in [1.54, 1.807) is 4.90 Å². The quantitative estimate of drug-likeness (QED) is 0.600. The molecular weight excluding hydrogens is 194 g/mol. The summed E-state index contributed by atoms with van der Waals surface area (Å²) in [7, 11) is 0. The molecule has 0 aromatic rings. The van der Waals surface area contributed by atoms with Gasteiger partial charge < -0.3 is 9.80 Å². The molecule has 4 rings (SSSR count). The fraction of sp³-hybridized carbons (Fsp3) is 0.800. The molecule has 4 fully saturated rings. The molecule has 82 valence electrons. The molecule has 0 spiro atoms. The Labute approximate surface area is 88.4 Å². The minimum atomic E-state index is -0.196. The zero-order valence-corrected chi connectivity index (χ0v) is 8.61. The highest BCUT2D eigenvalue weighted by atomic mass is 16.2. The highest BCUT2D eigenvalue weighted by Gasteiger charge is 2.42. The highest BCUT2D eigenvalue weighted by molar-refractivity contribution is 6.02. The Hall–Kier alpha value is -1.10. The number of carbonyl (C=O) groups excluding carboxylic acids is 2. The predicted octanol–water partition coefficient (Wildman–Crippen LogP) is -0.368. The zero-order chi connectivity index (χ0) is 10.4. The third-order valence-corrected chi connectivity index (χ3v) is 3.84. The van der Waals surface area contributed by atoms with E-state index in [0.717, 1.165) is 19.6 Å². The van der Waals surface area contributed by atoms with Crippen molar-refractivity contribution in [1.82, 2.24) is 15.1 Å². The Kier molecular flexibility index (Phi) is 1.95. The Morgan fingerprint density at radius 1 is 1.20 bits per heavy atom. The van der Waals surface area contributed by atoms with Crippen molar-refractivity contribution in [2.45, 2.75) is 18.9 Å². The molecule has 1 N–H and O–H groups in total. The smallest absolute Gasteiger partial charge is 0.311 e. The fourth-order valence-corrected chi connectivity index (χ4v) is 3.01. The van der Waals surface area contributed by atoms with Gasteiger partial charge >= 0.3 is 6.03 Å². The van der Waals surface area contributed by atoms with E-state index >= 15 is 0 Å². The van der Waals surface area contributed by atoms with Crippen molar-refractivity contribution in [1.29, 1.82) is 0 Å². The lowest BCUT2D eigenvalue weighted by Crippen LogP contribution is -2.57. The topological polar surface area (TPSA) is 52.7 Å². The first-order valence-corrected chi connectivity index (χ1v) is 5.57. The number of carbonyl (C=O) groups is 2. The molecule has 3 amide bonds. The van der Waals surface area contributed by atoms with Crippen molar-refractivity contribution < 1.29 is 9.59 Å². The highest BCUT2D eigenvalue weighted by Crippen LogP contribution is 2.31. The summed E-state index contributed by atoms with van der Waals surface area (Å²) >= 11 is 0. The summed E-state index contributed by atoms with van der Waals surface area (Å²) in [6.07, 6.45) is 2.34. The third-order valence-electron chi connectivity index (χ3n) is 3.84. The van der Waals surface area contributed by atoms with Crippen molar-refractivity contribution in [3.05, 3.63) is 0 Å². The van der Waals surface area contributed by atoms with Crippen LogP contribution in [-0.2, 0) is 4.79 Å². The van der Waals surface area contributed by atoms with Crippen LogP contribution in [0.1, 0.15) is 12.8 Å². The summed E-state index contributed by atoms with van der Waals surface area (Å²) in [5.41, 5.74) is 0. The first-order chi connectivity index (χ1) is 7.24. The summed E-state index contributed by atoms with van der Waals surface area (Å²) in [4.78, 5) is 26.8. The average Bonchev–Trinajstić information content (AvgIpc) is 2.59. The summed E-state index contributed by atoms with van der Waals surface area (Å²) in [5.74, 6) is 0.447. The number of fused-ring (bicyclic) bond motifs is 3. The summed E-state index contributed by atoms with van der Waals surface area (Å²) in [6.45, 7) is 3.52. The predicted molar refractivity (Wildman–Crippen MR) is 53.2 cm³/mol. The van der Waals surface area contributed by atoms with Gasteiger partial charge in [-0.2, -0.15) is 0 Å². The van der Waals surface area contributed by atoms with E-state index < -0.39 is 0 Å². The molecule has 0 radical (unpaired) electrons. The average molecular weight is 209 g/mol. The van der Waals surface area contributed by atoms with Gasteiger partial charge in [0.2, 0.25) is 5.91 Å².